The van der Waals surface area contributed by atoms with Gasteiger partial charge in [0.2, 0.25) is 0 Å². The lowest BCUT2D eigenvalue weighted by Crippen LogP contribution is -2.03. The normalized spacial score (nSPS) is 10.4. The van der Waals surface area contributed by atoms with Gasteiger partial charge in [0.05, 0.1) is 0 Å². The van der Waals surface area contributed by atoms with Crippen molar-refractivity contribution in [2.75, 3.05) is 5.32 Å². The van der Waals surface area contributed by atoms with Crippen molar-refractivity contribution in [3.63, 3.8) is 0 Å². The first-order valence-electron chi connectivity index (χ1n) is 5.62. The third-order valence-corrected chi connectivity index (χ3v) is 2.99. The van der Waals surface area contributed by atoms with Gasteiger partial charge < -0.3 is 11.1 Å². The molecule has 0 saturated carbocycles. The van der Waals surface area contributed by atoms with Crippen LogP contribution in [0.5, 0.6) is 0 Å². The summed E-state index contributed by atoms with van der Waals surface area (Å²) in [5.74, 6) is -0.288. The van der Waals surface area contributed by atoms with Crippen molar-refractivity contribution in [3.05, 3.63) is 58.4 Å². The van der Waals surface area contributed by atoms with Crippen LogP contribution in [0.15, 0.2) is 36.4 Å². The predicted molar refractivity (Wildman–Crippen MR) is 73.8 cm³/mol. The molecule has 0 unspecified atom stereocenters. The van der Waals surface area contributed by atoms with E-state index in [1.807, 2.05) is 25.1 Å². The Hall–Kier alpha value is -1.58. The molecule has 4 heteroatoms. The zero-order valence-electron chi connectivity index (χ0n) is 10.0. The summed E-state index contributed by atoms with van der Waals surface area (Å²) in [6.07, 6.45) is 0. The molecular weight excluding hydrogens is 251 g/mol. The van der Waals surface area contributed by atoms with E-state index in [1.54, 1.807) is 6.07 Å². The molecule has 0 aliphatic rings. The molecule has 0 spiro atoms. The molecule has 94 valence electrons. The third-order valence-electron chi connectivity index (χ3n) is 2.76. The van der Waals surface area contributed by atoms with Crippen molar-refractivity contribution < 1.29 is 4.39 Å². The number of hydrogen-bond donors (Lipinski definition) is 2. The number of halogens is 2. The first-order valence-corrected chi connectivity index (χ1v) is 5.99. The standard InChI is InChI=1S/C14H14ClFN2/c1-9-2-3-11(15)7-14(9)18-13-5-4-12(16)6-10(13)8-17/h2-7,18H,8,17H2,1H3. The second kappa shape index (κ2) is 5.38. The maximum Gasteiger partial charge on any atom is 0.123 e. The Bertz CT molecular complexity index is 570. The van der Waals surface area contributed by atoms with Gasteiger partial charge in [-0.25, -0.2) is 4.39 Å². The van der Waals surface area contributed by atoms with Gasteiger partial charge >= 0.3 is 0 Å². The summed E-state index contributed by atoms with van der Waals surface area (Å²) >= 11 is 5.96. The number of hydrogen-bond acceptors (Lipinski definition) is 2. The molecule has 0 fully saturated rings. The molecule has 0 saturated heterocycles. The minimum atomic E-state index is -0.288. The minimum Gasteiger partial charge on any atom is -0.355 e. The molecule has 0 radical (unpaired) electrons. The van der Waals surface area contributed by atoms with E-state index >= 15 is 0 Å². The summed E-state index contributed by atoms with van der Waals surface area (Å²) in [6, 6.07) is 10.1. The monoisotopic (exact) mass is 264 g/mol. The van der Waals surface area contributed by atoms with Crippen LogP contribution >= 0.6 is 11.6 Å². The summed E-state index contributed by atoms with van der Waals surface area (Å²) in [5.41, 5.74) is 9.09. The summed E-state index contributed by atoms with van der Waals surface area (Å²) in [7, 11) is 0. The van der Waals surface area contributed by atoms with Gasteiger partial charge in [-0.15, -0.1) is 0 Å². The Balaban J connectivity index is 2.36. The number of nitrogens with one attached hydrogen (secondary N) is 1. The first kappa shape index (κ1) is 12.9. The van der Waals surface area contributed by atoms with Crippen LogP contribution < -0.4 is 11.1 Å². The van der Waals surface area contributed by atoms with Crippen LogP contribution in [0.1, 0.15) is 11.1 Å². The molecule has 0 amide bonds. The van der Waals surface area contributed by atoms with E-state index < -0.39 is 0 Å². The van der Waals surface area contributed by atoms with Crippen molar-refractivity contribution in [2.45, 2.75) is 13.5 Å². The zero-order valence-corrected chi connectivity index (χ0v) is 10.8. The number of aryl methyl sites for hydroxylation is 1. The molecule has 2 rings (SSSR count). The Kier molecular flexibility index (Phi) is 3.84. The van der Waals surface area contributed by atoms with Gasteiger partial charge in [-0.05, 0) is 48.4 Å². The molecule has 0 aliphatic carbocycles. The van der Waals surface area contributed by atoms with Crippen LogP contribution in [0.2, 0.25) is 5.02 Å². The largest absolute Gasteiger partial charge is 0.355 e. The van der Waals surface area contributed by atoms with Crippen molar-refractivity contribution in [1.82, 2.24) is 0 Å². The predicted octanol–water partition coefficient (Wildman–Crippen LogP) is 3.99. The fourth-order valence-corrected chi connectivity index (χ4v) is 1.90. The van der Waals surface area contributed by atoms with E-state index in [0.29, 0.717) is 5.02 Å². The fourth-order valence-electron chi connectivity index (χ4n) is 1.73. The first-order chi connectivity index (χ1) is 8.60. The van der Waals surface area contributed by atoms with Crippen LogP contribution in [0.3, 0.4) is 0 Å². The van der Waals surface area contributed by atoms with E-state index in [4.69, 9.17) is 17.3 Å². The van der Waals surface area contributed by atoms with Gasteiger partial charge in [-0.1, -0.05) is 17.7 Å². The van der Waals surface area contributed by atoms with Crippen molar-refractivity contribution >= 4 is 23.0 Å². The Morgan fingerprint density at radius 1 is 1.17 bits per heavy atom. The Labute approximate surface area is 111 Å². The number of rotatable bonds is 3. The average Bonchev–Trinajstić information content (AvgIpc) is 2.36. The lowest BCUT2D eigenvalue weighted by Gasteiger charge is -2.13. The highest BCUT2D eigenvalue weighted by atomic mass is 35.5. The number of anilines is 2. The molecule has 2 aromatic rings. The second-order valence-electron chi connectivity index (χ2n) is 4.09. The maximum atomic E-state index is 13.1. The molecule has 0 aromatic heterocycles. The summed E-state index contributed by atoms with van der Waals surface area (Å²) in [4.78, 5) is 0. The number of nitrogens with two attached hydrogens (primary N) is 1. The van der Waals surface area contributed by atoms with Gasteiger partial charge in [0, 0.05) is 22.9 Å². The van der Waals surface area contributed by atoms with E-state index in [2.05, 4.69) is 5.32 Å². The van der Waals surface area contributed by atoms with E-state index in [-0.39, 0.29) is 12.4 Å². The summed E-state index contributed by atoms with van der Waals surface area (Å²) in [5, 5.41) is 3.88. The Morgan fingerprint density at radius 3 is 2.67 bits per heavy atom. The molecule has 0 aliphatic heterocycles. The quantitative estimate of drug-likeness (QED) is 0.880. The van der Waals surface area contributed by atoms with E-state index in [0.717, 1.165) is 22.5 Å². The van der Waals surface area contributed by atoms with Gasteiger partial charge in [-0.2, -0.15) is 0 Å². The molecule has 18 heavy (non-hydrogen) atoms. The molecule has 3 N–H and O–H groups in total. The summed E-state index contributed by atoms with van der Waals surface area (Å²) < 4.78 is 13.1. The average molecular weight is 265 g/mol. The smallest absolute Gasteiger partial charge is 0.123 e. The highest BCUT2D eigenvalue weighted by molar-refractivity contribution is 6.30. The Morgan fingerprint density at radius 2 is 1.94 bits per heavy atom. The molecule has 0 heterocycles. The van der Waals surface area contributed by atoms with Crippen molar-refractivity contribution in [1.29, 1.82) is 0 Å². The number of benzene rings is 2. The molecule has 2 aromatic carbocycles. The third kappa shape index (κ3) is 2.81. The van der Waals surface area contributed by atoms with Crippen LogP contribution in [0.4, 0.5) is 15.8 Å². The fraction of sp³-hybridized carbons (Fsp3) is 0.143. The van der Waals surface area contributed by atoms with Crippen LogP contribution in [-0.4, -0.2) is 0 Å². The maximum absolute atomic E-state index is 13.1. The molecule has 0 atom stereocenters. The van der Waals surface area contributed by atoms with Crippen molar-refractivity contribution in [3.8, 4) is 0 Å². The van der Waals surface area contributed by atoms with E-state index in [9.17, 15) is 4.39 Å². The molecule has 0 bridgehead atoms. The highest BCUT2D eigenvalue weighted by Crippen LogP contribution is 2.26. The van der Waals surface area contributed by atoms with Crippen LogP contribution in [0.25, 0.3) is 0 Å². The van der Waals surface area contributed by atoms with Crippen LogP contribution in [-0.2, 0) is 6.54 Å². The van der Waals surface area contributed by atoms with Crippen LogP contribution in [0, 0.1) is 12.7 Å². The lowest BCUT2D eigenvalue weighted by atomic mass is 10.1. The SMILES string of the molecule is Cc1ccc(Cl)cc1Nc1ccc(F)cc1CN. The molecule has 2 nitrogen and oxygen atoms in total. The van der Waals surface area contributed by atoms with Crippen molar-refractivity contribution in [2.24, 2.45) is 5.73 Å². The van der Waals surface area contributed by atoms with Gasteiger partial charge in [0.15, 0.2) is 0 Å². The summed E-state index contributed by atoms with van der Waals surface area (Å²) in [6.45, 7) is 2.25. The topological polar surface area (TPSA) is 38.0 Å². The van der Waals surface area contributed by atoms with E-state index in [1.165, 1.54) is 12.1 Å². The second-order valence-corrected chi connectivity index (χ2v) is 4.53. The zero-order chi connectivity index (χ0) is 13.1. The minimum absolute atomic E-state index is 0.277. The van der Waals surface area contributed by atoms with Gasteiger partial charge in [0.25, 0.3) is 0 Å². The molecular formula is C14H14ClFN2. The van der Waals surface area contributed by atoms with Gasteiger partial charge in [-0.3, -0.25) is 0 Å². The highest BCUT2D eigenvalue weighted by Gasteiger charge is 2.05. The van der Waals surface area contributed by atoms with Gasteiger partial charge in [0.1, 0.15) is 5.82 Å². The lowest BCUT2D eigenvalue weighted by molar-refractivity contribution is 0.626.